The lowest BCUT2D eigenvalue weighted by Crippen LogP contribution is -2.50. The molecule has 1 aromatic rings. The molecule has 0 spiro atoms. The number of halogens is 1. The molecule has 26 heavy (non-hydrogen) atoms. The highest BCUT2D eigenvalue weighted by atomic mass is 79.9. The first-order chi connectivity index (χ1) is 11.8. The Kier molecular flexibility index (Phi) is 7.64. The fourth-order valence-electron chi connectivity index (χ4n) is 2.05. The minimum atomic E-state index is -4.06. The van der Waals surface area contributed by atoms with E-state index in [4.69, 9.17) is 4.74 Å². The molecule has 2 amide bonds. The van der Waals surface area contributed by atoms with Crippen LogP contribution in [0.15, 0.2) is 33.6 Å². The maximum atomic E-state index is 12.5. The Morgan fingerprint density at radius 2 is 1.85 bits per heavy atom. The number of amides is 2. The number of rotatable bonds is 6. The van der Waals surface area contributed by atoms with Crippen LogP contribution in [0.1, 0.15) is 41.0 Å². The van der Waals surface area contributed by atoms with E-state index >= 15 is 0 Å². The lowest BCUT2D eigenvalue weighted by Gasteiger charge is -2.24. The van der Waals surface area contributed by atoms with Crippen LogP contribution in [0, 0.1) is 5.92 Å². The second-order valence-electron chi connectivity index (χ2n) is 7.26. The number of hydrogen-bond acceptors (Lipinski definition) is 5. The van der Waals surface area contributed by atoms with E-state index in [1.807, 2.05) is 18.6 Å². The zero-order chi connectivity index (χ0) is 20.1. The summed E-state index contributed by atoms with van der Waals surface area (Å²) >= 11 is 3.19. The molecule has 0 aliphatic carbocycles. The molecular formula is C17H25BrN2O5S. The molecule has 0 heterocycles. The van der Waals surface area contributed by atoms with Crippen molar-refractivity contribution in [3.05, 3.63) is 28.7 Å². The van der Waals surface area contributed by atoms with E-state index < -0.39 is 33.7 Å². The van der Waals surface area contributed by atoms with Gasteiger partial charge in [-0.1, -0.05) is 35.8 Å². The van der Waals surface area contributed by atoms with Gasteiger partial charge in [-0.3, -0.25) is 4.79 Å². The lowest BCUT2D eigenvalue weighted by molar-refractivity contribution is -0.121. The monoisotopic (exact) mass is 448 g/mol. The van der Waals surface area contributed by atoms with Crippen molar-refractivity contribution in [1.82, 2.24) is 10.0 Å². The second-order valence-corrected chi connectivity index (χ2v) is 9.85. The van der Waals surface area contributed by atoms with Gasteiger partial charge in [0.15, 0.2) is 0 Å². The summed E-state index contributed by atoms with van der Waals surface area (Å²) in [7, 11) is -4.06. The van der Waals surface area contributed by atoms with Gasteiger partial charge >= 0.3 is 6.09 Å². The predicted octanol–water partition coefficient (Wildman–Crippen LogP) is 3.19. The Hall–Kier alpha value is -1.61. The Balaban J connectivity index is 2.93. The van der Waals surface area contributed by atoms with Crippen molar-refractivity contribution in [1.29, 1.82) is 0 Å². The van der Waals surface area contributed by atoms with Gasteiger partial charge in [-0.2, -0.15) is 0 Å². The van der Waals surface area contributed by atoms with Crippen molar-refractivity contribution in [2.45, 2.75) is 57.6 Å². The zero-order valence-electron chi connectivity index (χ0n) is 15.5. The largest absolute Gasteiger partial charge is 0.444 e. The summed E-state index contributed by atoms with van der Waals surface area (Å²) in [6.07, 6.45) is -0.517. The average molecular weight is 449 g/mol. The fraction of sp³-hybridized carbons (Fsp3) is 0.529. The molecule has 1 atom stereocenters. The van der Waals surface area contributed by atoms with Gasteiger partial charge in [-0.15, -0.1) is 0 Å². The molecule has 0 saturated carbocycles. The zero-order valence-corrected chi connectivity index (χ0v) is 17.9. The van der Waals surface area contributed by atoms with E-state index in [0.29, 0.717) is 4.47 Å². The number of carbonyl (C=O) groups is 2. The number of hydrogen-bond donors (Lipinski definition) is 2. The highest BCUT2D eigenvalue weighted by Crippen LogP contribution is 2.16. The first-order valence-corrected chi connectivity index (χ1v) is 10.4. The SMILES string of the molecule is CC(C)C[C@H](NC(=O)OC(C)(C)C)C(=O)NS(=O)(=O)c1cccc(Br)c1. The van der Waals surface area contributed by atoms with Crippen LogP contribution >= 0.6 is 15.9 Å². The van der Waals surface area contributed by atoms with E-state index in [-0.39, 0.29) is 17.2 Å². The Morgan fingerprint density at radius 1 is 1.23 bits per heavy atom. The maximum Gasteiger partial charge on any atom is 0.408 e. The molecule has 0 saturated heterocycles. The quantitative estimate of drug-likeness (QED) is 0.695. The number of benzene rings is 1. The van der Waals surface area contributed by atoms with Crippen molar-refractivity contribution < 1.29 is 22.7 Å². The summed E-state index contributed by atoms with van der Waals surface area (Å²) in [5.41, 5.74) is -0.731. The molecule has 0 aromatic heterocycles. The number of nitrogens with one attached hydrogen (secondary N) is 2. The molecule has 1 aromatic carbocycles. The summed E-state index contributed by atoms with van der Waals surface area (Å²) < 4.78 is 32.5. The highest BCUT2D eigenvalue weighted by molar-refractivity contribution is 9.10. The van der Waals surface area contributed by atoms with Crippen LogP contribution < -0.4 is 10.0 Å². The number of alkyl carbamates (subject to hydrolysis) is 1. The number of sulfonamides is 1. The normalized spacial score (nSPS) is 13.2. The molecule has 7 nitrogen and oxygen atoms in total. The van der Waals surface area contributed by atoms with E-state index in [9.17, 15) is 18.0 Å². The van der Waals surface area contributed by atoms with Crippen LogP contribution in [0.4, 0.5) is 4.79 Å². The minimum Gasteiger partial charge on any atom is -0.444 e. The molecule has 0 radical (unpaired) electrons. The van der Waals surface area contributed by atoms with E-state index in [1.54, 1.807) is 32.9 Å². The van der Waals surface area contributed by atoms with Crippen molar-refractivity contribution >= 4 is 38.0 Å². The molecular weight excluding hydrogens is 424 g/mol. The Morgan fingerprint density at radius 3 is 2.35 bits per heavy atom. The molecule has 0 unspecified atom stereocenters. The van der Waals surface area contributed by atoms with E-state index in [2.05, 4.69) is 21.2 Å². The molecule has 1 rings (SSSR count). The summed E-state index contributed by atoms with van der Waals surface area (Å²) in [6, 6.07) is 4.94. The molecule has 0 aliphatic heterocycles. The smallest absolute Gasteiger partial charge is 0.408 e. The van der Waals surface area contributed by atoms with Crippen LogP contribution in [-0.4, -0.2) is 32.1 Å². The molecule has 9 heteroatoms. The third-order valence-electron chi connectivity index (χ3n) is 3.06. The van der Waals surface area contributed by atoms with Gasteiger partial charge in [0.25, 0.3) is 15.9 Å². The first-order valence-electron chi connectivity index (χ1n) is 8.12. The summed E-state index contributed by atoms with van der Waals surface area (Å²) in [5, 5.41) is 2.44. The highest BCUT2D eigenvalue weighted by Gasteiger charge is 2.28. The lowest BCUT2D eigenvalue weighted by atomic mass is 10.0. The van der Waals surface area contributed by atoms with Crippen LogP contribution in [0.25, 0.3) is 0 Å². The third-order valence-corrected chi connectivity index (χ3v) is 4.89. The van der Waals surface area contributed by atoms with Crippen LogP contribution in [-0.2, 0) is 19.6 Å². The van der Waals surface area contributed by atoms with E-state index in [1.165, 1.54) is 12.1 Å². The molecule has 2 N–H and O–H groups in total. The van der Waals surface area contributed by atoms with Crippen molar-refractivity contribution in [2.24, 2.45) is 5.92 Å². The Labute approximate surface area is 163 Å². The van der Waals surface area contributed by atoms with Gasteiger partial charge in [0.2, 0.25) is 0 Å². The van der Waals surface area contributed by atoms with Gasteiger partial charge in [0.05, 0.1) is 4.90 Å². The Bertz CT molecular complexity index is 757. The van der Waals surface area contributed by atoms with Crippen LogP contribution in [0.3, 0.4) is 0 Å². The fourth-order valence-corrected chi connectivity index (χ4v) is 3.66. The molecule has 0 bridgehead atoms. The topological polar surface area (TPSA) is 102 Å². The van der Waals surface area contributed by atoms with Crippen LogP contribution in [0.2, 0.25) is 0 Å². The summed E-state index contributed by atoms with van der Waals surface area (Å²) in [5.74, 6) is -0.765. The maximum absolute atomic E-state index is 12.5. The second kappa shape index (κ2) is 8.85. The van der Waals surface area contributed by atoms with Gasteiger partial charge in [0.1, 0.15) is 11.6 Å². The first kappa shape index (κ1) is 22.4. The average Bonchev–Trinajstić information content (AvgIpc) is 2.43. The van der Waals surface area contributed by atoms with Gasteiger partial charge in [0, 0.05) is 4.47 Å². The third kappa shape index (κ3) is 7.74. The number of carbonyl (C=O) groups excluding carboxylic acids is 2. The molecule has 0 fully saturated rings. The predicted molar refractivity (Wildman–Crippen MR) is 102 cm³/mol. The van der Waals surface area contributed by atoms with Gasteiger partial charge in [-0.25, -0.2) is 17.9 Å². The summed E-state index contributed by atoms with van der Waals surface area (Å²) in [4.78, 5) is 24.4. The van der Waals surface area contributed by atoms with Crippen molar-refractivity contribution in [3.63, 3.8) is 0 Å². The van der Waals surface area contributed by atoms with Crippen LogP contribution in [0.5, 0.6) is 0 Å². The van der Waals surface area contributed by atoms with Gasteiger partial charge in [-0.05, 0) is 51.3 Å². The minimum absolute atomic E-state index is 0.0502. The van der Waals surface area contributed by atoms with E-state index in [0.717, 1.165) is 0 Å². The number of ether oxygens (including phenoxy) is 1. The van der Waals surface area contributed by atoms with Gasteiger partial charge < -0.3 is 10.1 Å². The molecule has 146 valence electrons. The summed E-state index contributed by atoms with van der Waals surface area (Å²) in [6.45, 7) is 8.81. The standard InChI is InChI=1S/C17H25BrN2O5S/c1-11(2)9-14(19-16(22)25-17(3,4)5)15(21)20-26(23,24)13-8-6-7-12(18)10-13/h6-8,10-11,14H,9H2,1-5H3,(H,19,22)(H,20,21)/t14-/m0/s1. The van der Waals surface area contributed by atoms with Crippen molar-refractivity contribution in [3.8, 4) is 0 Å². The molecule has 0 aliphatic rings. The van der Waals surface area contributed by atoms with Crippen molar-refractivity contribution in [2.75, 3.05) is 0 Å².